The third-order valence-electron chi connectivity index (χ3n) is 3.78. The maximum absolute atomic E-state index is 12.5. The third-order valence-corrected chi connectivity index (χ3v) is 3.78. The Morgan fingerprint density at radius 1 is 1.16 bits per heavy atom. The van der Waals surface area contributed by atoms with Crippen molar-refractivity contribution in [2.45, 2.75) is 0 Å². The van der Waals surface area contributed by atoms with Crippen LogP contribution in [0.1, 0.15) is 15.9 Å². The Bertz CT molecular complexity index is 1190. The van der Waals surface area contributed by atoms with Crippen LogP contribution in [0.2, 0.25) is 0 Å². The van der Waals surface area contributed by atoms with Crippen LogP contribution in [0, 0.1) is 0 Å². The van der Waals surface area contributed by atoms with Gasteiger partial charge in [0.15, 0.2) is 0 Å². The number of H-pyrrole nitrogens is 1. The van der Waals surface area contributed by atoms with Crippen LogP contribution in [0.5, 0.6) is 0 Å². The van der Waals surface area contributed by atoms with Crippen LogP contribution in [-0.2, 0) is 0 Å². The summed E-state index contributed by atoms with van der Waals surface area (Å²) in [6.07, 6.45) is 1.41. The predicted molar refractivity (Wildman–Crippen MR) is 92.0 cm³/mol. The Morgan fingerprint density at radius 3 is 2.68 bits per heavy atom. The molecule has 2 heterocycles. The zero-order chi connectivity index (χ0) is 17.4. The van der Waals surface area contributed by atoms with E-state index in [1.807, 2.05) is 24.3 Å². The molecule has 0 aliphatic carbocycles. The number of carboxylic acids is 1. The minimum Gasteiger partial charge on any atom is -0.478 e. The number of benzene rings is 2. The normalized spacial score (nSPS) is 11.5. The Labute approximate surface area is 140 Å². The number of carboxylic acid groups (broad SMARTS) is 1. The molecule has 0 saturated heterocycles. The molecule has 8 heteroatoms. The number of rotatable bonds is 3. The molecule has 0 bridgehead atoms. The van der Waals surface area contributed by atoms with Gasteiger partial charge in [0, 0.05) is 10.9 Å². The van der Waals surface area contributed by atoms with Gasteiger partial charge in [0.25, 0.3) is 0 Å². The number of aromatic carboxylic acids is 1. The van der Waals surface area contributed by atoms with Gasteiger partial charge in [-0.2, -0.15) is 5.10 Å². The summed E-state index contributed by atoms with van der Waals surface area (Å²) >= 11 is 0. The van der Waals surface area contributed by atoms with Gasteiger partial charge in [-0.1, -0.05) is 35.1 Å². The van der Waals surface area contributed by atoms with E-state index in [2.05, 4.69) is 20.4 Å². The number of carbonyl (C=O) groups is 1. The van der Waals surface area contributed by atoms with E-state index < -0.39 is 11.5 Å². The second kappa shape index (κ2) is 5.68. The molecule has 0 unspecified atom stereocenters. The van der Waals surface area contributed by atoms with E-state index in [1.165, 1.54) is 18.3 Å². The van der Waals surface area contributed by atoms with Crippen LogP contribution in [0.4, 0.5) is 0 Å². The lowest BCUT2D eigenvalue weighted by Crippen LogP contribution is -2.20. The summed E-state index contributed by atoms with van der Waals surface area (Å²) in [5.74, 6) is -1.00. The molecule has 0 radical (unpaired) electrons. The number of aromatic amines is 1. The topological polar surface area (TPSA) is 113 Å². The minimum atomic E-state index is -1.00. The molecule has 0 aliphatic rings. The lowest BCUT2D eigenvalue weighted by atomic mass is 10.1. The summed E-state index contributed by atoms with van der Waals surface area (Å²) < 4.78 is 0. The van der Waals surface area contributed by atoms with Crippen LogP contribution in [0.25, 0.3) is 21.9 Å². The molecular weight excluding hydrogens is 322 g/mol. The van der Waals surface area contributed by atoms with Crippen molar-refractivity contribution in [2.75, 3.05) is 0 Å². The van der Waals surface area contributed by atoms with Crippen LogP contribution in [0.15, 0.2) is 58.4 Å². The first-order valence-electron chi connectivity index (χ1n) is 7.37. The number of para-hydroxylation sites is 1. The van der Waals surface area contributed by atoms with Crippen molar-refractivity contribution < 1.29 is 9.90 Å². The first-order valence-corrected chi connectivity index (χ1v) is 7.37. The largest absolute Gasteiger partial charge is 0.478 e. The Morgan fingerprint density at radius 2 is 1.92 bits per heavy atom. The summed E-state index contributed by atoms with van der Waals surface area (Å²) in [6, 6.07) is 13.5. The molecule has 122 valence electrons. The highest BCUT2D eigenvalue weighted by Crippen LogP contribution is 2.19. The van der Waals surface area contributed by atoms with E-state index in [1.54, 1.807) is 12.1 Å². The highest BCUT2D eigenvalue weighted by atomic mass is 16.4. The summed E-state index contributed by atoms with van der Waals surface area (Å²) in [6.45, 7) is 0. The second-order valence-corrected chi connectivity index (χ2v) is 5.35. The van der Waals surface area contributed by atoms with Crippen molar-refractivity contribution in [3.8, 4) is 0 Å². The molecule has 2 aromatic carbocycles. The van der Waals surface area contributed by atoms with Crippen LogP contribution in [-0.4, -0.2) is 37.4 Å². The van der Waals surface area contributed by atoms with Gasteiger partial charge in [0.05, 0.1) is 11.8 Å². The fourth-order valence-corrected chi connectivity index (χ4v) is 2.52. The molecule has 0 atom stereocenters. The van der Waals surface area contributed by atoms with Crippen LogP contribution >= 0.6 is 0 Å². The first kappa shape index (κ1) is 14.8. The fraction of sp³-hybridized carbons (Fsp3) is 0. The van der Waals surface area contributed by atoms with Gasteiger partial charge < -0.3 is 10.1 Å². The molecule has 25 heavy (non-hydrogen) atoms. The number of fused-ring (bicyclic) bond motifs is 3. The van der Waals surface area contributed by atoms with Gasteiger partial charge >= 0.3 is 11.5 Å². The molecular formula is C17H11N5O3. The Balaban J connectivity index is 1.74. The average Bonchev–Trinajstić information content (AvgIpc) is 3.01. The molecule has 8 nitrogen and oxygen atoms in total. The molecule has 0 amide bonds. The van der Waals surface area contributed by atoms with Gasteiger partial charge in [-0.15, -0.1) is 5.10 Å². The smallest absolute Gasteiger partial charge is 0.335 e. The van der Waals surface area contributed by atoms with E-state index >= 15 is 0 Å². The van der Waals surface area contributed by atoms with Gasteiger partial charge in [0.1, 0.15) is 11.0 Å². The number of hydrogen-bond donors (Lipinski definition) is 2. The van der Waals surface area contributed by atoms with E-state index in [4.69, 9.17) is 5.11 Å². The summed E-state index contributed by atoms with van der Waals surface area (Å²) in [4.78, 5) is 27.3. The Kier molecular flexibility index (Phi) is 3.35. The number of nitrogens with zero attached hydrogens (tertiary/aromatic N) is 4. The number of nitrogens with one attached hydrogen (secondary N) is 1. The number of aromatic nitrogens is 4. The molecule has 2 N–H and O–H groups in total. The fourth-order valence-electron chi connectivity index (χ4n) is 2.52. The Hall–Kier alpha value is -3.81. The average molecular weight is 333 g/mol. The molecule has 2 aromatic heterocycles. The van der Waals surface area contributed by atoms with E-state index in [-0.39, 0.29) is 5.56 Å². The standard InChI is InChI=1S/C17H11N5O3/c23-16-15-14(12-3-1-2-4-13(12)19-15)20-21-22(16)18-9-10-5-7-11(8-6-10)17(24)25/h1-9,19H,(H,24,25)/b18-9+. The van der Waals surface area contributed by atoms with Crippen molar-refractivity contribution in [3.63, 3.8) is 0 Å². The summed E-state index contributed by atoms with van der Waals surface area (Å²) in [5.41, 5.74) is 2.02. The molecule has 0 saturated carbocycles. The van der Waals surface area contributed by atoms with E-state index in [0.29, 0.717) is 16.6 Å². The van der Waals surface area contributed by atoms with E-state index in [9.17, 15) is 9.59 Å². The predicted octanol–water partition coefficient (Wildman–Crippen LogP) is 1.85. The van der Waals surface area contributed by atoms with E-state index in [0.717, 1.165) is 15.7 Å². The van der Waals surface area contributed by atoms with Crippen molar-refractivity contribution in [1.82, 2.24) is 20.1 Å². The monoisotopic (exact) mass is 333 g/mol. The van der Waals surface area contributed by atoms with Crippen LogP contribution < -0.4 is 5.56 Å². The van der Waals surface area contributed by atoms with Crippen molar-refractivity contribution in [3.05, 3.63) is 70.0 Å². The molecule has 4 rings (SSSR count). The highest BCUT2D eigenvalue weighted by molar-refractivity contribution is 6.04. The first-order chi connectivity index (χ1) is 12.1. The summed E-state index contributed by atoms with van der Waals surface area (Å²) in [7, 11) is 0. The van der Waals surface area contributed by atoms with Crippen molar-refractivity contribution >= 4 is 34.1 Å². The lowest BCUT2D eigenvalue weighted by molar-refractivity contribution is 0.0697. The van der Waals surface area contributed by atoms with Gasteiger partial charge in [0.2, 0.25) is 0 Å². The quantitative estimate of drug-likeness (QED) is 0.556. The lowest BCUT2D eigenvalue weighted by Gasteiger charge is -1.97. The molecule has 0 spiro atoms. The van der Waals surface area contributed by atoms with Crippen molar-refractivity contribution in [1.29, 1.82) is 0 Å². The highest BCUT2D eigenvalue weighted by Gasteiger charge is 2.11. The van der Waals surface area contributed by atoms with Crippen molar-refractivity contribution in [2.24, 2.45) is 5.10 Å². The summed E-state index contributed by atoms with van der Waals surface area (Å²) in [5, 5.41) is 21.6. The second-order valence-electron chi connectivity index (χ2n) is 5.35. The molecule has 4 aromatic rings. The maximum Gasteiger partial charge on any atom is 0.335 e. The molecule has 0 aliphatic heterocycles. The van der Waals surface area contributed by atoms with Crippen LogP contribution in [0.3, 0.4) is 0 Å². The third kappa shape index (κ3) is 2.55. The van der Waals surface area contributed by atoms with Gasteiger partial charge in [-0.25, -0.2) is 4.79 Å². The zero-order valence-corrected chi connectivity index (χ0v) is 12.7. The number of hydrogen-bond acceptors (Lipinski definition) is 5. The van der Waals surface area contributed by atoms with Gasteiger partial charge in [-0.3, -0.25) is 4.79 Å². The molecule has 0 fully saturated rings. The minimum absolute atomic E-state index is 0.175. The zero-order valence-electron chi connectivity index (χ0n) is 12.7. The van der Waals surface area contributed by atoms with Gasteiger partial charge in [-0.05, 0) is 29.0 Å². The maximum atomic E-state index is 12.5. The SMILES string of the molecule is O=C(O)c1ccc(/C=N/n2nnc3c([nH]c4ccccc43)c2=O)cc1.